The Morgan fingerprint density at radius 1 is 1.43 bits per heavy atom. The number of nitrogens with zero attached hydrogens (tertiary/aromatic N) is 2. The van der Waals surface area contributed by atoms with Gasteiger partial charge in [0.15, 0.2) is 0 Å². The molecule has 1 saturated heterocycles. The standard InChI is InChI=1S/C16H18FN3O/c17-16(15(21)19-14-5-6-14)7-8-20(11-16)10-13-3-1-12(9-18)2-4-13/h1-4,14H,5-8,10-11H2,(H,19,21). The second kappa shape index (κ2) is 5.45. The SMILES string of the molecule is N#Cc1ccc(CN2CCC(F)(C(=O)NC3CC3)C2)cc1. The lowest BCUT2D eigenvalue weighted by molar-refractivity contribution is -0.132. The lowest BCUT2D eigenvalue weighted by Gasteiger charge is -2.20. The highest BCUT2D eigenvalue weighted by atomic mass is 19.1. The number of rotatable bonds is 4. The van der Waals surface area contributed by atoms with Gasteiger partial charge < -0.3 is 5.32 Å². The van der Waals surface area contributed by atoms with E-state index in [1.54, 1.807) is 12.1 Å². The number of amides is 1. The normalized spacial score (nSPS) is 25.5. The van der Waals surface area contributed by atoms with E-state index in [0.29, 0.717) is 18.7 Å². The number of alkyl halides is 1. The summed E-state index contributed by atoms with van der Waals surface area (Å²) in [6.07, 6.45) is 2.19. The van der Waals surface area contributed by atoms with E-state index in [-0.39, 0.29) is 19.0 Å². The number of likely N-dealkylation sites (tertiary alicyclic amines) is 1. The molecule has 2 fully saturated rings. The number of carbonyl (C=O) groups excluding carboxylic acids is 1. The van der Waals surface area contributed by atoms with Crippen LogP contribution >= 0.6 is 0 Å². The molecule has 5 heteroatoms. The molecule has 1 aromatic carbocycles. The molecular formula is C16H18FN3O. The van der Waals surface area contributed by atoms with Gasteiger partial charge in [-0.3, -0.25) is 9.69 Å². The molecule has 1 saturated carbocycles. The molecule has 21 heavy (non-hydrogen) atoms. The third-order valence-corrected chi connectivity index (χ3v) is 4.11. The van der Waals surface area contributed by atoms with E-state index >= 15 is 0 Å². The molecule has 4 nitrogen and oxygen atoms in total. The van der Waals surface area contributed by atoms with E-state index in [9.17, 15) is 9.18 Å². The van der Waals surface area contributed by atoms with Crippen molar-refractivity contribution in [1.29, 1.82) is 5.26 Å². The minimum atomic E-state index is -1.75. The number of halogens is 1. The van der Waals surface area contributed by atoms with E-state index in [1.165, 1.54) is 0 Å². The molecular weight excluding hydrogens is 269 g/mol. The third-order valence-electron chi connectivity index (χ3n) is 4.11. The highest BCUT2D eigenvalue weighted by Gasteiger charge is 2.46. The molecule has 3 rings (SSSR count). The topological polar surface area (TPSA) is 56.1 Å². The Morgan fingerprint density at radius 3 is 2.76 bits per heavy atom. The Bertz CT molecular complexity index is 576. The number of benzene rings is 1. The molecule has 0 aromatic heterocycles. The molecule has 1 unspecified atom stereocenters. The lowest BCUT2D eigenvalue weighted by Crippen LogP contribution is -2.46. The highest BCUT2D eigenvalue weighted by Crippen LogP contribution is 2.29. The van der Waals surface area contributed by atoms with Gasteiger partial charge in [-0.1, -0.05) is 12.1 Å². The van der Waals surface area contributed by atoms with Gasteiger partial charge in [0.25, 0.3) is 5.91 Å². The van der Waals surface area contributed by atoms with E-state index in [4.69, 9.17) is 5.26 Å². The Morgan fingerprint density at radius 2 is 2.14 bits per heavy atom. The molecule has 1 aliphatic carbocycles. The Balaban J connectivity index is 1.58. The second-order valence-electron chi connectivity index (χ2n) is 5.98. The third kappa shape index (κ3) is 3.22. The first-order valence-corrected chi connectivity index (χ1v) is 7.30. The van der Waals surface area contributed by atoms with Crippen LogP contribution in [0, 0.1) is 11.3 Å². The molecule has 0 bridgehead atoms. The number of nitrogens with one attached hydrogen (secondary N) is 1. The summed E-state index contributed by atoms with van der Waals surface area (Å²) < 4.78 is 14.7. The molecule has 1 aliphatic heterocycles. The van der Waals surface area contributed by atoms with E-state index in [0.717, 1.165) is 18.4 Å². The minimum Gasteiger partial charge on any atom is -0.351 e. The largest absolute Gasteiger partial charge is 0.351 e. The summed E-state index contributed by atoms with van der Waals surface area (Å²) in [5.74, 6) is -0.452. The summed E-state index contributed by atoms with van der Waals surface area (Å²) in [5, 5.41) is 11.5. The van der Waals surface area contributed by atoms with Crippen LogP contribution in [0.3, 0.4) is 0 Å². The summed E-state index contributed by atoms with van der Waals surface area (Å²) in [6, 6.07) is 9.53. The van der Waals surface area contributed by atoms with Crippen molar-refractivity contribution < 1.29 is 9.18 Å². The van der Waals surface area contributed by atoms with E-state index in [2.05, 4.69) is 11.4 Å². The van der Waals surface area contributed by atoms with Gasteiger partial charge in [0.05, 0.1) is 11.6 Å². The molecule has 1 aromatic rings. The van der Waals surface area contributed by atoms with E-state index < -0.39 is 11.6 Å². The smallest absolute Gasteiger partial charge is 0.259 e. The molecule has 1 amide bonds. The fraction of sp³-hybridized carbons (Fsp3) is 0.500. The van der Waals surface area contributed by atoms with Gasteiger partial charge in [0, 0.05) is 32.1 Å². The average molecular weight is 287 g/mol. The number of hydrogen-bond donors (Lipinski definition) is 1. The maximum absolute atomic E-state index is 14.7. The van der Waals surface area contributed by atoms with Crippen molar-refractivity contribution in [3.63, 3.8) is 0 Å². The quantitative estimate of drug-likeness (QED) is 0.918. The summed E-state index contributed by atoms with van der Waals surface area (Å²) >= 11 is 0. The average Bonchev–Trinajstić information content (AvgIpc) is 3.22. The van der Waals surface area contributed by atoms with Crippen molar-refractivity contribution in [2.45, 2.75) is 37.5 Å². The summed E-state index contributed by atoms with van der Waals surface area (Å²) in [6.45, 7) is 1.33. The summed E-state index contributed by atoms with van der Waals surface area (Å²) in [7, 11) is 0. The van der Waals surface area contributed by atoms with Crippen molar-refractivity contribution in [2.75, 3.05) is 13.1 Å². The minimum absolute atomic E-state index is 0.144. The van der Waals surface area contributed by atoms with Crippen molar-refractivity contribution in [3.05, 3.63) is 35.4 Å². The monoisotopic (exact) mass is 287 g/mol. The van der Waals surface area contributed by atoms with E-state index in [1.807, 2.05) is 17.0 Å². The van der Waals surface area contributed by atoms with Crippen LogP contribution in [-0.4, -0.2) is 35.6 Å². The van der Waals surface area contributed by atoms with Crippen LogP contribution in [0.5, 0.6) is 0 Å². The predicted octanol–water partition coefficient (Wildman–Crippen LogP) is 1.75. The Labute approximate surface area is 123 Å². The van der Waals surface area contributed by atoms with Crippen molar-refractivity contribution in [1.82, 2.24) is 10.2 Å². The fourth-order valence-corrected chi connectivity index (χ4v) is 2.65. The van der Waals surface area contributed by atoms with Gasteiger partial charge in [-0.2, -0.15) is 5.26 Å². The summed E-state index contributed by atoms with van der Waals surface area (Å²) in [4.78, 5) is 13.9. The van der Waals surface area contributed by atoms with Crippen molar-refractivity contribution in [2.24, 2.45) is 0 Å². The van der Waals surface area contributed by atoms with Crippen molar-refractivity contribution >= 4 is 5.91 Å². The van der Waals surface area contributed by atoms with Crippen LogP contribution in [0.2, 0.25) is 0 Å². The van der Waals surface area contributed by atoms with Crippen molar-refractivity contribution in [3.8, 4) is 6.07 Å². The molecule has 0 radical (unpaired) electrons. The van der Waals surface area contributed by atoms with Gasteiger partial charge in [-0.05, 0) is 30.5 Å². The molecule has 2 aliphatic rings. The first kappa shape index (κ1) is 14.0. The number of nitriles is 1. The first-order valence-electron chi connectivity index (χ1n) is 7.30. The molecule has 1 atom stereocenters. The predicted molar refractivity (Wildman–Crippen MR) is 76.1 cm³/mol. The second-order valence-corrected chi connectivity index (χ2v) is 5.98. The highest BCUT2D eigenvalue weighted by molar-refractivity contribution is 5.86. The van der Waals surface area contributed by atoms with Crippen LogP contribution in [-0.2, 0) is 11.3 Å². The zero-order chi connectivity index (χ0) is 14.9. The Kier molecular flexibility index (Phi) is 3.64. The maximum atomic E-state index is 14.7. The van der Waals surface area contributed by atoms with Gasteiger partial charge >= 0.3 is 0 Å². The lowest BCUT2D eigenvalue weighted by atomic mass is 10.0. The zero-order valence-electron chi connectivity index (χ0n) is 11.8. The van der Waals surface area contributed by atoms with Crippen LogP contribution in [0.15, 0.2) is 24.3 Å². The maximum Gasteiger partial charge on any atom is 0.259 e. The summed E-state index contributed by atoms with van der Waals surface area (Å²) in [5.41, 5.74) is -0.112. The first-order chi connectivity index (χ1) is 10.1. The van der Waals surface area contributed by atoms with Gasteiger partial charge in [-0.15, -0.1) is 0 Å². The van der Waals surface area contributed by atoms with Crippen LogP contribution < -0.4 is 5.32 Å². The fourth-order valence-electron chi connectivity index (χ4n) is 2.65. The molecule has 0 spiro atoms. The number of hydrogen-bond acceptors (Lipinski definition) is 3. The van der Waals surface area contributed by atoms with Gasteiger partial charge in [0.2, 0.25) is 5.67 Å². The number of carbonyl (C=O) groups is 1. The van der Waals surface area contributed by atoms with Crippen LogP contribution in [0.4, 0.5) is 4.39 Å². The van der Waals surface area contributed by atoms with Gasteiger partial charge in [0.1, 0.15) is 0 Å². The van der Waals surface area contributed by atoms with Crippen LogP contribution in [0.25, 0.3) is 0 Å². The zero-order valence-corrected chi connectivity index (χ0v) is 11.8. The van der Waals surface area contributed by atoms with Crippen LogP contribution in [0.1, 0.15) is 30.4 Å². The molecule has 1 heterocycles. The Hall–Kier alpha value is -1.93. The van der Waals surface area contributed by atoms with Gasteiger partial charge in [-0.25, -0.2) is 4.39 Å². The molecule has 110 valence electrons. The molecule has 1 N–H and O–H groups in total.